The molecule has 0 unspecified atom stereocenters. The van der Waals surface area contributed by atoms with Crippen LogP contribution in [-0.2, 0) is 11.3 Å². The third-order valence-electron chi connectivity index (χ3n) is 2.61. The first-order chi connectivity index (χ1) is 9.47. The molecule has 0 radical (unpaired) electrons. The Bertz CT molecular complexity index is 659. The van der Waals surface area contributed by atoms with Gasteiger partial charge >= 0.3 is 5.97 Å². The molecule has 0 atom stereocenters. The third kappa shape index (κ3) is 3.57. The van der Waals surface area contributed by atoms with Crippen LogP contribution in [0.25, 0.3) is 0 Å². The molecule has 0 heterocycles. The number of esters is 1. The van der Waals surface area contributed by atoms with E-state index >= 15 is 0 Å². The summed E-state index contributed by atoms with van der Waals surface area (Å²) >= 11 is 17.6. The van der Waals surface area contributed by atoms with Gasteiger partial charge in [0.2, 0.25) is 0 Å². The highest BCUT2D eigenvalue weighted by atomic mass is 35.5. The Kier molecular flexibility index (Phi) is 4.76. The summed E-state index contributed by atoms with van der Waals surface area (Å²) in [5.41, 5.74) is 6.90. The van der Waals surface area contributed by atoms with Gasteiger partial charge in [-0.2, -0.15) is 0 Å². The molecule has 2 aromatic carbocycles. The van der Waals surface area contributed by atoms with E-state index in [0.29, 0.717) is 26.3 Å². The fourth-order valence-electron chi connectivity index (χ4n) is 1.57. The molecule has 104 valence electrons. The zero-order valence-corrected chi connectivity index (χ0v) is 12.5. The van der Waals surface area contributed by atoms with Crippen molar-refractivity contribution in [2.24, 2.45) is 0 Å². The van der Waals surface area contributed by atoms with E-state index in [-0.39, 0.29) is 12.2 Å². The molecule has 0 saturated heterocycles. The van der Waals surface area contributed by atoms with E-state index in [2.05, 4.69) is 0 Å². The second-order valence-electron chi connectivity index (χ2n) is 4.04. The standard InChI is InChI=1S/C14H10Cl3NO2/c15-9-3-4-13(18)11(5-9)14(19)20-7-8-1-2-10(16)6-12(8)17/h1-6H,7,18H2. The van der Waals surface area contributed by atoms with Crippen LogP contribution in [-0.4, -0.2) is 5.97 Å². The predicted molar refractivity (Wildman–Crippen MR) is 81.4 cm³/mol. The molecule has 0 aliphatic rings. The van der Waals surface area contributed by atoms with Crippen molar-refractivity contribution >= 4 is 46.5 Å². The van der Waals surface area contributed by atoms with Gasteiger partial charge < -0.3 is 10.5 Å². The lowest BCUT2D eigenvalue weighted by atomic mass is 10.2. The van der Waals surface area contributed by atoms with E-state index in [1.54, 1.807) is 30.3 Å². The van der Waals surface area contributed by atoms with E-state index in [1.165, 1.54) is 6.07 Å². The van der Waals surface area contributed by atoms with E-state index in [1.807, 2.05) is 0 Å². The normalized spacial score (nSPS) is 10.3. The van der Waals surface area contributed by atoms with Crippen LogP contribution in [0.2, 0.25) is 15.1 Å². The number of rotatable bonds is 3. The molecule has 0 amide bonds. The first-order valence-corrected chi connectivity index (χ1v) is 6.77. The minimum atomic E-state index is -0.559. The second-order valence-corrected chi connectivity index (χ2v) is 5.32. The molecule has 6 heteroatoms. The molecule has 0 aromatic heterocycles. The Morgan fingerprint density at radius 3 is 2.40 bits per heavy atom. The maximum absolute atomic E-state index is 11.9. The number of anilines is 1. The minimum Gasteiger partial charge on any atom is -0.457 e. The zero-order valence-electron chi connectivity index (χ0n) is 10.2. The van der Waals surface area contributed by atoms with Gasteiger partial charge in [-0.3, -0.25) is 0 Å². The molecule has 0 aliphatic heterocycles. The summed E-state index contributed by atoms with van der Waals surface area (Å²) in [6.45, 7) is 0.0286. The molecule has 2 rings (SSSR count). The van der Waals surface area contributed by atoms with Crippen LogP contribution in [0, 0.1) is 0 Å². The average Bonchev–Trinajstić information content (AvgIpc) is 2.40. The Hall–Kier alpha value is -1.42. The number of nitrogen functional groups attached to an aromatic ring is 1. The molecule has 20 heavy (non-hydrogen) atoms. The van der Waals surface area contributed by atoms with Gasteiger partial charge in [0.05, 0.1) is 5.56 Å². The first kappa shape index (κ1) is 15.0. The molecule has 3 nitrogen and oxygen atoms in total. The number of carbonyl (C=O) groups excluding carboxylic acids is 1. The van der Waals surface area contributed by atoms with Crippen LogP contribution in [0.5, 0.6) is 0 Å². The molecule has 0 fully saturated rings. The molecular weight excluding hydrogens is 321 g/mol. The van der Waals surface area contributed by atoms with Crippen molar-refractivity contribution in [3.05, 3.63) is 62.6 Å². The van der Waals surface area contributed by atoms with Gasteiger partial charge in [-0.1, -0.05) is 40.9 Å². The largest absolute Gasteiger partial charge is 0.457 e. The summed E-state index contributed by atoms with van der Waals surface area (Å²) in [5.74, 6) is -0.559. The number of benzene rings is 2. The van der Waals surface area contributed by atoms with Crippen LogP contribution in [0.15, 0.2) is 36.4 Å². The fourth-order valence-corrected chi connectivity index (χ4v) is 2.20. The summed E-state index contributed by atoms with van der Waals surface area (Å²) < 4.78 is 5.17. The number of halogens is 3. The predicted octanol–water partition coefficient (Wildman–Crippen LogP) is 4.59. The van der Waals surface area contributed by atoms with Crippen molar-refractivity contribution in [1.29, 1.82) is 0 Å². The second kappa shape index (κ2) is 6.35. The van der Waals surface area contributed by atoms with Gasteiger partial charge in [-0.25, -0.2) is 4.79 Å². The van der Waals surface area contributed by atoms with E-state index in [0.717, 1.165) is 0 Å². The summed E-state index contributed by atoms with van der Waals surface area (Å²) in [6.07, 6.45) is 0. The molecule has 0 bridgehead atoms. The third-order valence-corrected chi connectivity index (χ3v) is 3.43. The molecular formula is C14H10Cl3NO2. The highest BCUT2D eigenvalue weighted by Gasteiger charge is 2.13. The van der Waals surface area contributed by atoms with Gasteiger partial charge in [0.25, 0.3) is 0 Å². The Morgan fingerprint density at radius 1 is 1.05 bits per heavy atom. The van der Waals surface area contributed by atoms with Crippen LogP contribution in [0.1, 0.15) is 15.9 Å². The van der Waals surface area contributed by atoms with Crippen molar-refractivity contribution in [2.45, 2.75) is 6.61 Å². The van der Waals surface area contributed by atoms with Crippen molar-refractivity contribution in [3.8, 4) is 0 Å². The summed E-state index contributed by atoms with van der Waals surface area (Å²) in [6, 6.07) is 9.56. The highest BCUT2D eigenvalue weighted by Crippen LogP contribution is 2.23. The summed E-state index contributed by atoms with van der Waals surface area (Å²) in [4.78, 5) is 11.9. The van der Waals surface area contributed by atoms with E-state index in [9.17, 15) is 4.79 Å². The fraction of sp³-hybridized carbons (Fsp3) is 0.0714. The Morgan fingerprint density at radius 2 is 1.70 bits per heavy atom. The van der Waals surface area contributed by atoms with Crippen molar-refractivity contribution < 1.29 is 9.53 Å². The van der Waals surface area contributed by atoms with Crippen molar-refractivity contribution in [2.75, 3.05) is 5.73 Å². The lowest BCUT2D eigenvalue weighted by molar-refractivity contribution is 0.0474. The SMILES string of the molecule is Nc1ccc(Cl)cc1C(=O)OCc1ccc(Cl)cc1Cl. The number of nitrogens with two attached hydrogens (primary N) is 1. The van der Waals surface area contributed by atoms with Crippen molar-refractivity contribution in [1.82, 2.24) is 0 Å². The lowest BCUT2D eigenvalue weighted by Gasteiger charge is -2.08. The molecule has 2 N–H and O–H groups in total. The average molecular weight is 331 g/mol. The van der Waals surface area contributed by atoms with Crippen LogP contribution >= 0.6 is 34.8 Å². The van der Waals surface area contributed by atoms with Crippen LogP contribution < -0.4 is 5.73 Å². The number of carbonyl (C=O) groups is 1. The smallest absolute Gasteiger partial charge is 0.340 e. The monoisotopic (exact) mass is 329 g/mol. The quantitative estimate of drug-likeness (QED) is 0.661. The topological polar surface area (TPSA) is 52.3 Å². The highest BCUT2D eigenvalue weighted by molar-refractivity contribution is 6.35. The van der Waals surface area contributed by atoms with E-state index < -0.39 is 5.97 Å². The van der Waals surface area contributed by atoms with Gasteiger partial charge in [-0.05, 0) is 30.3 Å². The first-order valence-electron chi connectivity index (χ1n) is 5.63. The molecule has 0 saturated carbocycles. The minimum absolute atomic E-state index is 0.0286. The maximum atomic E-state index is 11.9. The van der Waals surface area contributed by atoms with Crippen molar-refractivity contribution in [3.63, 3.8) is 0 Å². The number of ether oxygens (including phenoxy) is 1. The van der Waals surface area contributed by atoms with Gasteiger partial charge in [-0.15, -0.1) is 0 Å². The summed E-state index contributed by atoms with van der Waals surface area (Å²) in [7, 11) is 0. The van der Waals surface area contributed by atoms with E-state index in [4.69, 9.17) is 45.3 Å². The van der Waals surface area contributed by atoms with Crippen LogP contribution in [0.3, 0.4) is 0 Å². The van der Waals surface area contributed by atoms with Gasteiger partial charge in [0.15, 0.2) is 0 Å². The van der Waals surface area contributed by atoms with Gasteiger partial charge in [0, 0.05) is 26.3 Å². The maximum Gasteiger partial charge on any atom is 0.340 e. The molecule has 0 aliphatic carbocycles. The number of hydrogen-bond donors (Lipinski definition) is 1. The Labute approximate surface area is 131 Å². The molecule has 2 aromatic rings. The number of hydrogen-bond acceptors (Lipinski definition) is 3. The van der Waals surface area contributed by atoms with Gasteiger partial charge in [0.1, 0.15) is 6.61 Å². The van der Waals surface area contributed by atoms with Crippen LogP contribution in [0.4, 0.5) is 5.69 Å². The molecule has 0 spiro atoms. The zero-order chi connectivity index (χ0) is 14.7. The lowest BCUT2D eigenvalue weighted by Crippen LogP contribution is -2.08. The summed E-state index contributed by atoms with van der Waals surface area (Å²) in [5, 5.41) is 1.37. The Balaban J connectivity index is 2.10.